The zero-order valence-electron chi connectivity index (χ0n) is 19.7. The van der Waals surface area contributed by atoms with E-state index in [2.05, 4.69) is 31.0 Å². The molecule has 2 fully saturated rings. The predicted molar refractivity (Wildman–Crippen MR) is 129 cm³/mol. The van der Waals surface area contributed by atoms with Gasteiger partial charge in [-0.25, -0.2) is 14.6 Å². The van der Waals surface area contributed by atoms with Crippen molar-refractivity contribution in [3.8, 4) is 5.69 Å². The van der Waals surface area contributed by atoms with Crippen molar-refractivity contribution < 1.29 is 36.9 Å². The number of alkyl halides is 3. The summed E-state index contributed by atoms with van der Waals surface area (Å²) in [5.74, 6) is -0.0216. The second-order valence-corrected chi connectivity index (χ2v) is 9.70. The van der Waals surface area contributed by atoms with E-state index in [-0.39, 0.29) is 29.0 Å². The molecule has 2 aromatic heterocycles. The van der Waals surface area contributed by atoms with Gasteiger partial charge in [0.05, 0.1) is 23.4 Å². The van der Waals surface area contributed by atoms with Crippen molar-refractivity contribution in [2.24, 2.45) is 5.73 Å². The first-order valence-electron chi connectivity index (χ1n) is 11.4. The van der Waals surface area contributed by atoms with Crippen molar-refractivity contribution >= 4 is 27.5 Å². The highest BCUT2D eigenvalue weighted by molar-refractivity contribution is 9.10. The molecule has 0 aliphatic carbocycles. The van der Waals surface area contributed by atoms with Crippen molar-refractivity contribution in [2.75, 3.05) is 20.5 Å². The second-order valence-electron chi connectivity index (χ2n) is 8.56. The van der Waals surface area contributed by atoms with E-state index < -0.39 is 54.3 Å². The highest BCUT2D eigenvalue weighted by atomic mass is 79.9. The summed E-state index contributed by atoms with van der Waals surface area (Å²) in [5, 5.41) is 4.09. The lowest BCUT2D eigenvalue weighted by Gasteiger charge is -2.48. The fourth-order valence-electron chi connectivity index (χ4n) is 4.46. The minimum atomic E-state index is -4.80. The van der Waals surface area contributed by atoms with Crippen LogP contribution in [0.4, 0.5) is 13.2 Å². The molecule has 0 amide bonds. The quantitative estimate of drug-likeness (QED) is 0.409. The zero-order valence-corrected chi connectivity index (χ0v) is 22.1. The van der Waals surface area contributed by atoms with Crippen LogP contribution in [0.1, 0.15) is 29.5 Å². The standard InChI is InChI=1S/C23H22BrClF3N5O5/c1-34-10-36-17-15(29)16-14(9-35-21(38-16)11-5-3-2-4-6-11)37-18(17)20-31-22(24)32-33(20)13-7-12(25)8-30-19(13)23(26,27)28/h2-8,14-18,21H,9-10,29H2,1H3/t14?,15?,16-,17?,18+,21?/m0/s1. The van der Waals surface area contributed by atoms with Crippen molar-refractivity contribution in [1.82, 2.24) is 19.7 Å². The molecule has 0 saturated carbocycles. The molecule has 15 heteroatoms. The Kier molecular flexibility index (Phi) is 8.03. The lowest BCUT2D eigenvalue weighted by Crippen LogP contribution is -2.63. The molecule has 4 unspecified atom stereocenters. The van der Waals surface area contributed by atoms with E-state index in [0.29, 0.717) is 0 Å². The monoisotopic (exact) mass is 619 g/mol. The van der Waals surface area contributed by atoms with Gasteiger partial charge in [0.2, 0.25) is 4.73 Å². The van der Waals surface area contributed by atoms with Gasteiger partial charge in [0, 0.05) is 18.9 Å². The lowest BCUT2D eigenvalue weighted by molar-refractivity contribution is -0.316. The predicted octanol–water partition coefficient (Wildman–Crippen LogP) is 3.97. The van der Waals surface area contributed by atoms with Gasteiger partial charge in [-0.05, 0) is 22.0 Å². The van der Waals surface area contributed by atoms with Crippen LogP contribution in [-0.4, -0.2) is 64.6 Å². The summed E-state index contributed by atoms with van der Waals surface area (Å²) in [7, 11) is 1.43. The van der Waals surface area contributed by atoms with Crippen LogP contribution in [-0.2, 0) is 29.9 Å². The summed E-state index contributed by atoms with van der Waals surface area (Å²) in [6.45, 7) is -0.0662. The molecule has 0 bridgehead atoms. The van der Waals surface area contributed by atoms with Crippen LogP contribution in [0.3, 0.4) is 0 Å². The Labute approximate surface area is 228 Å². The molecule has 0 spiro atoms. The Morgan fingerprint density at radius 2 is 2.00 bits per heavy atom. The third-order valence-electron chi connectivity index (χ3n) is 6.08. The van der Waals surface area contributed by atoms with Crippen molar-refractivity contribution in [3.05, 3.63) is 69.4 Å². The van der Waals surface area contributed by atoms with Crippen molar-refractivity contribution in [3.63, 3.8) is 0 Å². The highest BCUT2D eigenvalue weighted by Crippen LogP contribution is 2.41. The molecule has 1 aromatic carbocycles. The van der Waals surface area contributed by atoms with E-state index in [1.807, 2.05) is 30.3 Å². The molecule has 2 aliphatic rings. The van der Waals surface area contributed by atoms with E-state index >= 15 is 0 Å². The first-order valence-corrected chi connectivity index (χ1v) is 12.5. The topological polar surface area (TPSA) is 116 Å². The van der Waals surface area contributed by atoms with E-state index in [4.69, 9.17) is 41.0 Å². The van der Waals surface area contributed by atoms with Crippen LogP contribution in [0.15, 0.2) is 47.3 Å². The van der Waals surface area contributed by atoms with Crippen LogP contribution in [0, 0.1) is 0 Å². The number of methoxy groups -OCH3 is 1. The number of hydrogen-bond donors (Lipinski definition) is 1. The van der Waals surface area contributed by atoms with Gasteiger partial charge < -0.3 is 29.4 Å². The summed E-state index contributed by atoms with van der Waals surface area (Å²) in [5.41, 5.74) is 5.79. The molecule has 5 rings (SSSR count). The van der Waals surface area contributed by atoms with Crippen LogP contribution in [0.5, 0.6) is 0 Å². The normalized spacial score (nSPS) is 27.8. The maximum Gasteiger partial charge on any atom is 0.435 e. The number of pyridine rings is 1. The summed E-state index contributed by atoms with van der Waals surface area (Å²) in [6, 6.07) is 9.60. The number of rotatable bonds is 6. The third kappa shape index (κ3) is 5.45. The number of nitrogens with two attached hydrogens (primary N) is 1. The molecule has 2 N–H and O–H groups in total. The molecule has 6 atom stereocenters. The van der Waals surface area contributed by atoms with Gasteiger partial charge in [0.25, 0.3) is 0 Å². The fraction of sp³-hybridized carbons (Fsp3) is 0.435. The Balaban J connectivity index is 1.52. The van der Waals surface area contributed by atoms with E-state index in [9.17, 15) is 13.2 Å². The maximum absolute atomic E-state index is 13.8. The van der Waals surface area contributed by atoms with Gasteiger partial charge in [-0.2, -0.15) is 13.2 Å². The average molecular weight is 621 g/mol. The molecule has 2 aliphatic heterocycles. The molecular weight excluding hydrogens is 599 g/mol. The number of hydrogen-bond acceptors (Lipinski definition) is 9. The number of aromatic nitrogens is 4. The number of nitrogens with zero attached hydrogens (tertiary/aromatic N) is 4. The fourth-order valence-corrected chi connectivity index (χ4v) is 4.95. The van der Waals surface area contributed by atoms with E-state index in [0.717, 1.165) is 22.5 Å². The van der Waals surface area contributed by atoms with Crippen LogP contribution < -0.4 is 5.73 Å². The molecule has 0 radical (unpaired) electrons. The lowest BCUT2D eigenvalue weighted by atomic mass is 9.91. The van der Waals surface area contributed by atoms with Crippen LogP contribution in [0.25, 0.3) is 5.69 Å². The minimum Gasteiger partial charge on any atom is -0.359 e. The molecule has 10 nitrogen and oxygen atoms in total. The smallest absolute Gasteiger partial charge is 0.359 e. The molecule has 204 valence electrons. The minimum absolute atomic E-state index is 0.00525. The number of benzene rings is 1. The molecule has 3 aromatic rings. The molecule has 2 saturated heterocycles. The molecule has 4 heterocycles. The van der Waals surface area contributed by atoms with Gasteiger partial charge in [-0.3, -0.25) is 0 Å². The first-order chi connectivity index (χ1) is 18.2. The van der Waals surface area contributed by atoms with Gasteiger partial charge in [-0.15, -0.1) is 5.10 Å². The first kappa shape index (κ1) is 27.4. The Morgan fingerprint density at radius 1 is 1.24 bits per heavy atom. The number of fused-ring (bicyclic) bond motifs is 1. The molecule has 38 heavy (non-hydrogen) atoms. The Hall–Kier alpha value is -2.17. The third-order valence-corrected chi connectivity index (χ3v) is 6.62. The van der Waals surface area contributed by atoms with Crippen molar-refractivity contribution in [1.29, 1.82) is 0 Å². The highest BCUT2D eigenvalue weighted by Gasteiger charge is 2.51. The largest absolute Gasteiger partial charge is 0.435 e. The van der Waals surface area contributed by atoms with Gasteiger partial charge in [0.1, 0.15) is 31.2 Å². The number of ether oxygens (including phenoxy) is 5. The van der Waals surface area contributed by atoms with E-state index in [1.165, 1.54) is 7.11 Å². The maximum atomic E-state index is 13.8. The average Bonchev–Trinajstić information content (AvgIpc) is 3.29. The van der Waals surface area contributed by atoms with Gasteiger partial charge in [0.15, 0.2) is 17.8 Å². The van der Waals surface area contributed by atoms with Crippen LogP contribution in [0.2, 0.25) is 5.02 Å². The molecular formula is C23H22BrClF3N5O5. The zero-order chi connectivity index (χ0) is 27.0. The van der Waals surface area contributed by atoms with Gasteiger partial charge in [-0.1, -0.05) is 41.9 Å². The SMILES string of the molecule is COCOC1C(N)[C@H]2OC(c3ccccc3)OCC2O[C@H]1c1nc(Br)nn1-c1cc(Cl)cnc1C(F)(F)F. The van der Waals surface area contributed by atoms with Crippen LogP contribution >= 0.6 is 27.5 Å². The summed E-state index contributed by atoms with van der Waals surface area (Å²) < 4.78 is 71.8. The number of halogens is 5. The van der Waals surface area contributed by atoms with Crippen molar-refractivity contribution in [2.45, 2.75) is 42.9 Å². The summed E-state index contributed by atoms with van der Waals surface area (Å²) in [6.07, 6.45) is -7.94. The Bertz CT molecular complexity index is 1270. The van der Waals surface area contributed by atoms with E-state index in [1.54, 1.807) is 0 Å². The summed E-state index contributed by atoms with van der Waals surface area (Å²) in [4.78, 5) is 7.79. The summed E-state index contributed by atoms with van der Waals surface area (Å²) >= 11 is 9.16. The second kappa shape index (κ2) is 11.1. The van der Waals surface area contributed by atoms with Gasteiger partial charge >= 0.3 is 6.18 Å². The Morgan fingerprint density at radius 3 is 2.71 bits per heavy atom.